The highest BCUT2D eigenvalue weighted by Crippen LogP contribution is 2.19. The third-order valence-electron chi connectivity index (χ3n) is 3.95. The maximum Gasteiger partial charge on any atom is 0.244 e. The molecule has 2 N–H and O–H groups in total. The number of hydrogen-bond acceptors (Lipinski definition) is 4. The SMILES string of the molecule is O=C(NC1CC1)[C@@H]1CNCCN1C(=O)CCn1cc(Cl)cn1. The van der Waals surface area contributed by atoms with Crippen molar-refractivity contribution >= 4 is 23.4 Å². The Morgan fingerprint density at radius 2 is 2.27 bits per heavy atom. The van der Waals surface area contributed by atoms with E-state index in [1.807, 2.05) is 0 Å². The predicted molar refractivity (Wildman–Crippen MR) is 81.4 cm³/mol. The molecule has 22 heavy (non-hydrogen) atoms. The quantitative estimate of drug-likeness (QED) is 0.799. The number of aromatic nitrogens is 2. The van der Waals surface area contributed by atoms with E-state index in [0.717, 1.165) is 12.8 Å². The topological polar surface area (TPSA) is 79.3 Å². The Balaban J connectivity index is 1.56. The van der Waals surface area contributed by atoms with Gasteiger partial charge in [-0.15, -0.1) is 0 Å². The average molecular weight is 326 g/mol. The second-order valence-corrected chi connectivity index (χ2v) is 6.20. The molecule has 7 nitrogen and oxygen atoms in total. The summed E-state index contributed by atoms with van der Waals surface area (Å²) in [5.74, 6) is -0.0748. The fourth-order valence-corrected chi connectivity index (χ4v) is 2.73. The minimum Gasteiger partial charge on any atom is -0.352 e. The van der Waals surface area contributed by atoms with Crippen LogP contribution in [0.3, 0.4) is 0 Å². The lowest BCUT2D eigenvalue weighted by Gasteiger charge is -2.35. The fraction of sp³-hybridized carbons (Fsp3) is 0.643. The number of rotatable bonds is 5. The Morgan fingerprint density at radius 3 is 2.95 bits per heavy atom. The average Bonchev–Trinajstić information content (AvgIpc) is 3.24. The van der Waals surface area contributed by atoms with Crippen molar-refractivity contribution in [3.05, 3.63) is 17.4 Å². The van der Waals surface area contributed by atoms with Crippen molar-refractivity contribution in [1.82, 2.24) is 25.3 Å². The molecule has 1 aromatic heterocycles. The molecular weight excluding hydrogens is 306 g/mol. The lowest BCUT2D eigenvalue weighted by atomic mass is 10.1. The van der Waals surface area contributed by atoms with Gasteiger partial charge in [0.1, 0.15) is 6.04 Å². The summed E-state index contributed by atoms with van der Waals surface area (Å²) in [4.78, 5) is 26.4. The first kappa shape index (κ1) is 15.3. The molecule has 1 saturated heterocycles. The van der Waals surface area contributed by atoms with E-state index < -0.39 is 6.04 Å². The molecule has 0 radical (unpaired) electrons. The summed E-state index contributed by atoms with van der Waals surface area (Å²) >= 11 is 5.80. The van der Waals surface area contributed by atoms with Crippen LogP contribution in [0.4, 0.5) is 0 Å². The number of carbonyl (C=O) groups excluding carboxylic acids is 2. The van der Waals surface area contributed by atoms with Gasteiger partial charge in [-0.3, -0.25) is 14.3 Å². The van der Waals surface area contributed by atoms with Crippen LogP contribution < -0.4 is 10.6 Å². The second kappa shape index (κ2) is 6.66. The van der Waals surface area contributed by atoms with Gasteiger partial charge in [0.2, 0.25) is 11.8 Å². The van der Waals surface area contributed by atoms with Crippen LogP contribution in [0.15, 0.2) is 12.4 Å². The highest BCUT2D eigenvalue weighted by atomic mass is 35.5. The number of hydrogen-bond donors (Lipinski definition) is 2. The second-order valence-electron chi connectivity index (χ2n) is 5.76. The number of carbonyl (C=O) groups is 2. The van der Waals surface area contributed by atoms with Gasteiger partial charge in [-0.25, -0.2) is 0 Å². The normalized spacial score (nSPS) is 21.7. The van der Waals surface area contributed by atoms with E-state index in [1.54, 1.807) is 22.0 Å². The monoisotopic (exact) mass is 325 g/mol. The fourth-order valence-electron chi connectivity index (χ4n) is 2.58. The van der Waals surface area contributed by atoms with E-state index in [-0.39, 0.29) is 11.8 Å². The van der Waals surface area contributed by atoms with Gasteiger partial charge >= 0.3 is 0 Å². The predicted octanol–water partition coefficient (Wildman–Crippen LogP) is 0.00560. The first-order valence-electron chi connectivity index (χ1n) is 7.62. The molecule has 0 spiro atoms. The Labute approximate surface area is 134 Å². The Kier molecular flexibility index (Phi) is 4.63. The van der Waals surface area contributed by atoms with Crippen molar-refractivity contribution in [3.63, 3.8) is 0 Å². The maximum absolute atomic E-state index is 12.4. The Bertz CT molecular complexity index is 557. The molecule has 3 rings (SSSR count). The summed E-state index contributed by atoms with van der Waals surface area (Å²) in [6.07, 6.45) is 5.62. The molecule has 120 valence electrons. The van der Waals surface area contributed by atoms with E-state index in [1.165, 1.54) is 0 Å². The van der Waals surface area contributed by atoms with Gasteiger partial charge in [0.25, 0.3) is 0 Å². The molecule has 2 heterocycles. The minimum absolute atomic E-state index is 0.0240. The Morgan fingerprint density at radius 1 is 1.45 bits per heavy atom. The van der Waals surface area contributed by atoms with Crippen LogP contribution in [0.5, 0.6) is 0 Å². The molecular formula is C14H20ClN5O2. The molecule has 1 aliphatic heterocycles. The van der Waals surface area contributed by atoms with Gasteiger partial charge < -0.3 is 15.5 Å². The first-order chi connectivity index (χ1) is 10.6. The number of amides is 2. The molecule has 0 bridgehead atoms. The zero-order chi connectivity index (χ0) is 15.5. The molecule has 2 aliphatic rings. The third-order valence-corrected chi connectivity index (χ3v) is 4.14. The zero-order valence-electron chi connectivity index (χ0n) is 12.3. The van der Waals surface area contributed by atoms with Crippen molar-refractivity contribution in [1.29, 1.82) is 0 Å². The van der Waals surface area contributed by atoms with Crippen molar-refractivity contribution in [2.24, 2.45) is 0 Å². The van der Waals surface area contributed by atoms with E-state index in [0.29, 0.717) is 43.7 Å². The molecule has 1 aliphatic carbocycles. The van der Waals surface area contributed by atoms with Gasteiger partial charge in [0, 0.05) is 44.8 Å². The molecule has 8 heteroatoms. The van der Waals surface area contributed by atoms with Crippen molar-refractivity contribution in [2.75, 3.05) is 19.6 Å². The summed E-state index contributed by atoms with van der Waals surface area (Å²) in [7, 11) is 0. The summed E-state index contributed by atoms with van der Waals surface area (Å²) < 4.78 is 1.64. The van der Waals surface area contributed by atoms with E-state index >= 15 is 0 Å². The van der Waals surface area contributed by atoms with Crippen molar-refractivity contribution in [2.45, 2.75) is 37.9 Å². The Hall–Kier alpha value is -1.60. The number of piperazine rings is 1. The van der Waals surface area contributed by atoms with Crippen molar-refractivity contribution in [3.8, 4) is 0 Å². The van der Waals surface area contributed by atoms with Crippen LogP contribution in [0, 0.1) is 0 Å². The molecule has 0 unspecified atom stereocenters. The van der Waals surface area contributed by atoms with Crippen LogP contribution in [-0.2, 0) is 16.1 Å². The number of nitrogens with zero attached hydrogens (tertiary/aromatic N) is 3. The van der Waals surface area contributed by atoms with Crippen LogP contribution in [0.1, 0.15) is 19.3 Å². The van der Waals surface area contributed by atoms with Crippen molar-refractivity contribution < 1.29 is 9.59 Å². The summed E-state index contributed by atoms with van der Waals surface area (Å²) in [5, 5.41) is 10.8. The largest absolute Gasteiger partial charge is 0.352 e. The van der Waals surface area contributed by atoms with E-state index in [2.05, 4.69) is 15.7 Å². The van der Waals surface area contributed by atoms with Crippen LogP contribution in [-0.4, -0.2) is 58.2 Å². The summed E-state index contributed by atoms with van der Waals surface area (Å²) in [6.45, 7) is 2.25. The molecule has 2 amide bonds. The van der Waals surface area contributed by atoms with Gasteiger partial charge in [0.05, 0.1) is 11.2 Å². The lowest BCUT2D eigenvalue weighted by Crippen LogP contribution is -2.59. The maximum atomic E-state index is 12.4. The highest BCUT2D eigenvalue weighted by molar-refractivity contribution is 6.30. The zero-order valence-corrected chi connectivity index (χ0v) is 13.1. The summed E-state index contributed by atoms with van der Waals surface area (Å²) in [6, 6.07) is -0.111. The van der Waals surface area contributed by atoms with Crippen LogP contribution in [0.2, 0.25) is 5.02 Å². The third kappa shape index (κ3) is 3.78. The van der Waals surface area contributed by atoms with Gasteiger partial charge in [-0.2, -0.15) is 5.10 Å². The highest BCUT2D eigenvalue weighted by Gasteiger charge is 2.34. The van der Waals surface area contributed by atoms with Gasteiger partial charge in [-0.05, 0) is 12.8 Å². The molecule has 2 fully saturated rings. The number of nitrogens with one attached hydrogen (secondary N) is 2. The molecule has 1 atom stereocenters. The van der Waals surface area contributed by atoms with Crippen LogP contribution in [0.25, 0.3) is 0 Å². The minimum atomic E-state index is -0.414. The number of halogens is 1. The molecule has 0 aromatic carbocycles. The molecule has 1 saturated carbocycles. The van der Waals surface area contributed by atoms with Gasteiger partial charge in [-0.1, -0.05) is 11.6 Å². The first-order valence-corrected chi connectivity index (χ1v) is 8.00. The lowest BCUT2D eigenvalue weighted by molar-refractivity contribution is -0.141. The summed E-state index contributed by atoms with van der Waals surface area (Å²) in [5.41, 5.74) is 0. The van der Waals surface area contributed by atoms with E-state index in [9.17, 15) is 9.59 Å². The standard InChI is InChI=1S/C14H20ClN5O2/c15-10-7-17-19(9-10)5-3-13(21)20-6-4-16-8-12(20)14(22)18-11-1-2-11/h7,9,11-12,16H,1-6,8H2,(H,18,22)/t12-/m0/s1. The molecule has 1 aromatic rings. The smallest absolute Gasteiger partial charge is 0.244 e. The number of aryl methyl sites for hydroxylation is 1. The van der Waals surface area contributed by atoms with Gasteiger partial charge in [0.15, 0.2) is 0 Å². The van der Waals surface area contributed by atoms with Crippen LogP contribution >= 0.6 is 11.6 Å². The van der Waals surface area contributed by atoms with E-state index in [4.69, 9.17) is 11.6 Å².